The van der Waals surface area contributed by atoms with Crippen molar-refractivity contribution in [2.45, 2.75) is 44.7 Å². The molecular formula is C13H26NO3Si+. The van der Waals surface area contributed by atoms with Gasteiger partial charge in [0, 0.05) is 34.2 Å². The maximum atomic E-state index is 5.62. The second kappa shape index (κ2) is 5.82. The minimum absolute atomic E-state index is 0.334. The van der Waals surface area contributed by atoms with Gasteiger partial charge >= 0.3 is 8.80 Å². The molecule has 1 atom stereocenters. The van der Waals surface area contributed by atoms with E-state index in [4.69, 9.17) is 13.3 Å². The summed E-state index contributed by atoms with van der Waals surface area (Å²) < 4.78 is 19.4. The Kier molecular flexibility index (Phi) is 4.58. The quantitative estimate of drug-likeness (QED) is 0.578. The van der Waals surface area contributed by atoms with E-state index in [1.807, 2.05) is 0 Å². The number of hydrogen-bond acceptors (Lipinski definition) is 3. The Hall–Kier alpha value is -0.233. The lowest BCUT2D eigenvalue weighted by Gasteiger charge is -2.36. The summed E-state index contributed by atoms with van der Waals surface area (Å²) in [5.74, 6) is 0.878. The van der Waals surface area contributed by atoms with Gasteiger partial charge in [-0.2, -0.15) is 0 Å². The molecule has 0 aromatic rings. The maximum absolute atomic E-state index is 5.62. The molecule has 1 saturated carbocycles. The van der Waals surface area contributed by atoms with Gasteiger partial charge in [-0.3, -0.25) is 0 Å². The average Bonchev–Trinajstić information content (AvgIpc) is 2.37. The SMILES string of the molecule is CO[Si](OC)(OC)C1CC[N+]1=C1CCC(C)CC1. The van der Waals surface area contributed by atoms with E-state index in [0.29, 0.717) is 5.67 Å². The predicted octanol–water partition coefficient (Wildman–Crippen LogP) is 1.84. The van der Waals surface area contributed by atoms with Crippen LogP contribution in [0.3, 0.4) is 0 Å². The molecule has 0 aromatic carbocycles. The van der Waals surface area contributed by atoms with Crippen molar-refractivity contribution in [2.24, 2.45) is 5.92 Å². The molecule has 1 aliphatic heterocycles. The van der Waals surface area contributed by atoms with Gasteiger partial charge in [0.05, 0.1) is 6.42 Å². The van der Waals surface area contributed by atoms with Crippen molar-refractivity contribution in [2.75, 3.05) is 27.9 Å². The van der Waals surface area contributed by atoms with Crippen LogP contribution in [0, 0.1) is 5.92 Å². The van der Waals surface area contributed by atoms with Crippen molar-refractivity contribution in [3.05, 3.63) is 0 Å². The second-order valence-electron chi connectivity index (χ2n) is 5.46. The molecule has 2 fully saturated rings. The summed E-state index contributed by atoms with van der Waals surface area (Å²) in [5, 5.41) is 0. The van der Waals surface area contributed by atoms with Crippen LogP contribution in [0.2, 0.25) is 0 Å². The van der Waals surface area contributed by atoms with Crippen LogP contribution in [-0.4, -0.2) is 52.6 Å². The van der Waals surface area contributed by atoms with Crippen LogP contribution in [0.1, 0.15) is 39.0 Å². The van der Waals surface area contributed by atoms with Crippen molar-refractivity contribution < 1.29 is 17.9 Å². The van der Waals surface area contributed by atoms with Gasteiger partial charge in [-0.05, 0) is 18.8 Å². The summed E-state index contributed by atoms with van der Waals surface area (Å²) in [6, 6.07) is 0. The standard InChI is InChI=1S/C13H26NO3Si/c1-11-5-7-12(8-6-11)14-10-9-13(14)18(15-2,16-3)17-4/h11,13H,5-10H2,1-4H3/q+1. The lowest BCUT2D eigenvalue weighted by molar-refractivity contribution is -0.613. The molecule has 0 spiro atoms. The summed E-state index contributed by atoms with van der Waals surface area (Å²) in [5.41, 5.74) is 1.92. The minimum Gasteiger partial charge on any atom is -0.373 e. The van der Waals surface area contributed by atoms with E-state index in [9.17, 15) is 0 Å². The van der Waals surface area contributed by atoms with Gasteiger partial charge in [0.15, 0.2) is 5.71 Å². The fourth-order valence-corrected chi connectivity index (χ4v) is 5.67. The molecule has 2 aliphatic rings. The highest BCUT2D eigenvalue weighted by Gasteiger charge is 2.60. The van der Waals surface area contributed by atoms with Crippen LogP contribution < -0.4 is 0 Å². The summed E-state index contributed by atoms with van der Waals surface area (Å²) in [7, 11) is 2.64. The van der Waals surface area contributed by atoms with Gasteiger partial charge in [0.2, 0.25) is 5.67 Å². The smallest absolute Gasteiger partial charge is 0.373 e. The molecular weight excluding hydrogens is 246 g/mol. The summed E-state index contributed by atoms with van der Waals surface area (Å²) in [6.45, 7) is 3.49. The number of hydrogen-bond donors (Lipinski definition) is 0. The van der Waals surface area contributed by atoms with Gasteiger partial charge in [-0.25, -0.2) is 4.58 Å². The highest BCUT2D eigenvalue weighted by atomic mass is 28.4. The third-order valence-corrected chi connectivity index (χ3v) is 7.66. The topological polar surface area (TPSA) is 30.7 Å². The Bertz CT molecular complexity index is 310. The second-order valence-corrected chi connectivity index (χ2v) is 8.56. The number of rotatable bonds is 4. The van der Waals surface area contributed by atoms with Gasteiger partial charge in [0.25, 0.3) is 0 Å². The predicted molar refractivity (Wildman–Crippen MR) is 73.0 cm³/mol. The molecule has 0 radical (unpaired) electrons. The largest absolute Gasteiger partial charge is 0.572 e. The first kappa shape index (κ1) is 14.2. The molecule has 1 unspecified atom stereocenters. The normalized spacial score (nSPS) is 29.3. The monoisotopic (exact) mass is 272 g/mol. The van der Waals surface area contributed by atoms with Crippen molar-refractivity contribution in [3.63, 3.8) is 0 Å². The lowest BCUT2D eigenvalue weighted by Crippen LogP contribution is -2.65. The van der Waals surface area contributed by atoms with Crippen molar-refractivity contribution >= 4 is 14.5 Å². The third kappa shape index (κ3) is 2.41. The van der Waals surface area contributed by atoms with E-state index >= 15 is 0 Å². The molecule has 0 N–H and O–H groups in total. The third-order valence-electron chi connectivity index (χ3n) is 4.54. The van der Waals surface area contributed by atoms with Crippen molar-refractivity contribution in [3.8, 4) is 0 Å². The van der Waals surface area contributed by atoms with Crippen LogP contribution in [0.5, 0.6) is 0 Å². The number of nitrogens with zero attached hydrogens (tertiary/aromatic N) is 1. The zero-order chi connectivity index (χ0) is 13.2. The van der Waals surface area contributed by atoms with Gasteiger partial charge < -0.3 is 13.3 Å². The molecule has 1 heterocycles. The highest BCUT2D eigenvalue weighted by molar-refractivity contribution is 6.62. The molecule has 1 saturated heterocycles. The lowest BCUT2D eigenvalue weighted by atomic mass is 9.88. The zero-order valence-corrected chi connectivity index (χ0v) is 13.1. The fraction of sp³-hybridized carbons (Fsp3) is 0.923. The Labute approximate surface area is 111 Å². The molecule has 1 aliphatic carbocycles. The van der Waals surface area contributed by atoms with Crippen LogP contribution in [0.4, 0.5) is 0 Å². The van der Waals surface area contributed by atoms with Crippen LogP contribution in [0.15, 0.2) is 0 Å². The summed E-state index contributed by atoms with van der Waals surface area (Å²) in [6.07, 6.45) is 6.24. The molecule has 4 nitrogen and oxygen atoms in total. The molecule has 104 valence electrons. The maximum Gasteiger partial charge on any atom is 0.572 e. The Morgan fingerprint density at radius 1 is 1.00 bits per heavy atom. The van der Waals surface area contributed by atoms with Crippen molar-refractivity contribution in [1.29, 1.82) is 0 Å². The van der Waals surface area contributed by atoms with Gasteiger partial charge in [0.1, 0.15) is 6.54 Å². The van der Waals surface area contributed by atoms with Gasteiger partial charge in [-0.15, -0.1) is 0 Å². The van der Waals surface area contributed by atoms with E-state index in [1.54, 1.807) is 27.0 Å². The molecule has 0 amide bonds. The zero-order valence-electron chi connectivity index (χ0n) is 12.1. The van der Waals surface area contributed by atoms with Crippen molar-refractivity contribution in [1.82, 2.24) is 0 Å². The Balaban J connectivity index is 2.14. The van der Waals surface area contributed by atoms with E-state index in [-0.39, 0.29) is 0 Å². The minimum atomic E-state index is -2.49. The molecule has 2 rings (SSSR count). The van der Waals surface area contributed by atoms with E-state index in [2.05, 4.69) is 11.5 Å². The molecule has 0 aromatic heterocycles. The highest BCUT2D eigenvalue weighted by Crippen LogP contribution is 2.29. The first-order valence-electron chi connectivity index (χ1n) is 6.93. The first-order chi connectivity index (χ1) is 8.66. The summed E-state index contributed by atoms with van der Waals surface area (Å²) in [4.78, 5) is 0. The fourth-order valence-electron chi connectivity index (χ4n) is 3.17. The Morgan fingerprint density at radius 2 is 1.56 bits per heavy atom. The molecule has 18 heavy (non-hydrogen) atoms. The van der Waals surface area contributed by atoms with E-state index in [1.165, 1.54) is 25.7 Å². The summed E-state index contributed by atoms with van der Waals surface area (Å²) >= 11 is 0. The van der Waals surface area contributed by atoms with Crippen LogP contribution >= 0.6 is 0 Å². The van der Waals surface area contributed by atoms with E-state index < -0.39 is 8.80 Å². The van der Waals surface area contributed by atoms with Crippen LogP contribution in [0.25, 0.3) is 0 Å². The van der Waals surface area contributed by atoms with E-state index in [0.717, 1.165) is 18.9 Å². The Morgan fingerprint density at radius 3 is 1.94 bits per heavy atom. The van der Waals surface area contributed by atoms with Crippen LogP contribution in [-0.2, 0) is 13.3 Å². The van der Waals surface area contributed by atoms with Gasteiger partial charge in [-0.1, -0.05) is 6.92 Å². The first-order valence-corrected chi connectivity index (χ1v) is 8.74. The molecule has 5 heteroatoms. The molecule has 0 bridgehead atoms. The average molecular weight is 272 g/mol.